The smallest absolute Gasteiger partial charge is 0.203 e. The van der Waals surface area contributed by atoms with Crippen LogP contribution in [0.4, 0.5) is 0 Å². The molecule has 0 spiro atoms. The number of ether oxygens (including phenoxy) is 1. The van der Waals surface area contributed by atoms with Crippen molar-refractivity contribution in [2.45, 2.75) is 29.2 Å². The number of fused-ring (bicyclic) bond motifs is 1. The number of aromatic amines is 1. The van der Waals surface area contributed by atoms with Crippen LogP contribution in [0.1, 0.15) is 5.56 Å². The average molecular weight is 409 g/mol. The molecule has 0 unspecified atom stereocenters. The first kappa shape index (κ1) is 17.1. The van der Waals surface area contributed by atoms with Crippen molar-refractivity contribution in [3.8, 4) is 0 Å². The second kappa shape index (κ2) is 5.98. The van der Waals surface area contributed by atoms with E-state index < -0.39 is 35.8 Å². The van der Waals surface area contributed by atoms with E-state index in [0.717, 1.165) is 0 Å². The van der Waals surface area contributed by atoms with E-state index in [-0.39, 0.29) is 5.56 Å². The minimum absolute atomic E-state index is 0.161. The molecule has 2 aromatic rings. The Labute approximate surface area is 144 Å². The molecule has 0 saturated carbocycles. The standard InChI is InChI=1S/C14H15BrClNO6/c15-23-12-11(19)13(20,14(16,21)10(6-18)22-12)8-5-17-9-4-2-1-3-7(8)9/h1-5,10-12,17-21H,6H2/t10-,11+,12-,13-,14+/m1/s1. The topological polar surface area (TPSA) is 115 Å². The minimum atomic E-state index is -2.49. The van der Waals surface area contributed by atoms with Crippen LogP contribution in [-0.2, 0) is 14.2 Å². The third-order valence-electron chi connectivity index (χ3n) is 4.20. The maximum absolute atomic E-state index is 11.2. The number of benzene rings is 1. The van der Waals surface area contributed by atoms with E-state index in [0.29, 0.717) is 10.9 Å². The van der Waals surface area contributed by atoms with Crippen LogP contribution in [0.15, 0.2) is 30.5 Å². The molecule has 1 aromatic heterocycles. The summed E-state index contributed by atoms with van der Waals surface area (Å²) in [6.07, 6.45) is -3.04. The molecule has 1 aromatic carbocycles. The molecule has 1 aliphatic heterocycles. The SMILES string of the molecule is OC[C@H]1O[C@H](OBr)[C@H](O)[C@](O)(c2c[nH]c3ccccc23)[C@]1(O)Cl. The number of alkyl halides is 1. The molecule has 9 heteroatoms. The fourth-order valence-corrected chi connectivity index (χ4v) is 3.57. The third-order valence-corrected chi connectivity index (χ3v) is 5.10. The van der Waals surface area contributed by atoms with Gasteiger partial charge in [0.05, 0.1) is 6.61 Å². The van der Waals surface area contributed by atoms with Crippen LogP contribution in [0.5, 0.6) is 0 Å². The summed E-state index contributed by atoms with van der Waals surface area (Å²) in [7, 11) is 0. The Morgan fingerprint density at radius 1 is 1.35 bits per heavy atom. The second-order valence-corrected chi connectivity index (χ2v) is 6.35. The number of aromatic nitrogens is 1. The first-order valence-electron chi connectivity index (χ1n) is 6.80. The van der Waals surface area contributed by atoms with Crippen molar-refractivity contribution in [1.82, 2.24) is 4.98 Å². The lowest BCUT2D eigenvalue weighted by Crippen LogP contribution is -2.70. The fraction of sp³-hybridized carbons (Fsp3) is 0.429. The number of aliphatic hydroxyl groups is 4. The zero-order valence-electron chi connectivity index (χ0n) is 11.7. The largest absolute Gasteiger partial charge is 0.394 e. The Morgan fingerprint density at radius 2 is 2.04 bits per heavy atom. The molecule has 1 fully saturated rings. The van der Waals surface area contributed by atoms with Crippen LogP contribution >= 0.6 is 27.9 Å². The van der Waals surface area contributed by atoms with Gasteiger partial charge >= 0.3 is 0 Å². The number of H-pyrrole nitrogens is 1. The Hall–Kier alpha value is -0.710. The van der Waals surface area contributed by atoms with Crippen molar-refractivity contribution in [3.05, 3.63) is 36.0 Å². The molecule has 0 bridgehead atoms. The Bertz CT molecular complexity index is 709. The quantitative estimate of drug-likeness (QED) is 0.477. The average Bonchev–Trinajstić information content (AvgIpc) is 2.97. The first-order chi connectivity index (χ1) is 10.9. The van der Waals surface area contributed by atoms with Gasteiger partial charge in [-0.2, -0.15) is 0 Å². The Balaban J connectivity index is 2.22. The van der Waals surface area contributed by atoms with E-state index in [4.69, 9.17) is 20.2 Å². The zero-order valence-corrected chi connectivity index (χ0v) is 14.0. The number of para-hydroxylation sites is 1. The van der Waals surface area contributed by atoms with Crippen LogP contribution in [0, 0.1) is 0 Å². The molecule has 0 amide bonds. The van der Waals surface area contributed by atoms with Crippen molar-refractivity contribution < 1.29 is 29.0 Å². The van der Waals surface area contributed by atoms with E-state index in [1.807, 2.05) is 0 Å². The predicted octanol–water partition coefficient (Wildman–Crippen LogP) is 0.687. The Kier molecular flexibility index (Phi) is 4.45. The van der Waals surface area contributed by atoms with Crippen LogP contribution in [0.25, 0.3) is 10.9 Å². The van der Waals surface area contributed by atoms with E-state index in [1.165, 1.54) is 6.20 Å². The molecular weight excluding hydrogens is 394 g/mol. The molecule has 3 rings (SSSR count). The highest BCUT2D eigenvalue weighted by atomic mass is 79.9. The predicted molar refractivity (Wildman–Crippen MR) is 84.8 cm³/mol. The molecule has 0 radical (unpaired) electrons. The lowest BCUT2D eigenvalue weighted by Gasteiger charge is -2.51. The van der Waals surface area contributed by atoms with Gasteiger partial charge < -0.3 is 30.1 Å². The maximum atomic E-state index is 11.2. The summed E-state index contributed by atoms with van der Waals surface area (Å²) < 4.78 is 10.0. The van der Waals surface area contributed by atoms with Gasteiger partial charge in [-0.1, -0.05) is 29.8 Å². The van der Waals surface area contributed by atoms with Crippen molar-refractivity contribution >= 4 is 38.8 Å². The normalized spacial score (nSPS) is 38.1. The summed E-state index contributed by atoms with van der Waals surface area (Å²) in [5, 5.41) is 39.8. The number of halogens is 2. The van der Waals surface area contributed by atoms with Gasteiger partial charge in [-0.05, 0) is 6.07 Å². The lowest BCUT2D eigenvalue weighted by atomic mass is 9.78. The van der Waals surface area contributed by atoms with Crippen LogP contribution in [-0.4, -0.2) is 55.6 Å². The van der Waals surface area contributed by atoms with E-state index in [9.17, 15) is 20.4 Å². The summed E-state index contributed by atoms with van der Waals surface area (Å²) >= 11 is 8.83. The van der Waals surface area contributed by atoms with Gasteiger partial charge in [0.15, 0.2) is 11.9 Å². The maximum Gasteiger partial charge on any atom is 0.203 e. The molecule has 0 aliphatic carbocycles. The van der Waals surface area contributed by atoms with Gasteiger partial charge in [0.25, 0.3) is 0 Å². The van der Waals surface area contributed by atoms with Gasteiger partial charge in [0, 0.05) is 22.7 Å². The Morgan fingerprint density at radius 3 is 2.70 bits per heavy atom. The minimum Gasteiger partial charge on any atom is -0.394 e. The van der Waals surface area contributed by atoms with Gasteiger partial charge in [0.1, 0.15) is 28.5 Å². The second-order valence-electron chi connectivity index (χ2n) is 5.40. The van der Waals surface area contributed by atoms with Crippen molar-refractivity contribution in [1.29, 1.82) is 0 Å². The van der Waals surface area contributed by atoms with Gasteiger partial charge in [-0.25, -0.2) is 0 Å². The van der Waals surface area contributed by atoms with Gasteiger partial charge in [0.2, 0.25) is 5.06 Å². The van der Waals surface area contributed by atoms with E-state index in [2.05, 4.69) is 21.2 Å². The molecule has 5 N–H and O–H groups in total. The van der Waals surface area contributed by atoms with E-state index >= 15 is 0 Å². The lowest BCUT2D eigenvalue weighted by molar-refractivity contribution is -0.329. The molecule has 7 nitrogen and oxygen atoms in total. The van der Waals surface area contributed by atoms with Gasteiger partial charge in [-0.3, -0.25) is 3.83 Å². The van der Waals surface area contributed by atoms with E-state index in [1.54, 1.807) is 24.3 Å². The number of aliphatic hydroxyl groups excluding tert-OH is 2. The molecule has 5 atom stereocenters. The highest BCUT2D eigenvalue weighted by Crippen LogP contribution is 2.49. The van der Waals surface area contributed by atoms with Crippen molar-refractivity contribution in [3.63, 3.8) is 0 Å². The number of hydrogen-bond donors (Lipinski definition) is 5. The van der Waals surface area contributed by atoms with Crippen LogP contribution < -0.4 is 0 Å². The van der Waals surface area contributed by atoms with Crippen molar-refractivity contribution in [2.75, 3.05) is 6.61 Å². The zero-order chi connectivity index (χ0) is 16.8. The molecule has 1 aliphatic rings. The molecule has 2 heterocycles. The van der Waals surface area contributed by atoms with Crippen LogP contribution in [0.2, 0.25) is 0 Å². The molecule has 126 valence electrons. The summed E-state index contributed by atoms with van der Waals surface area (Å²) in [6, 6.07) is 7.00. The highest BCUT2D eigenvalue weighted by molar-refractivity contribution is 9.06. The van der Waals surface area contributed by atoms with Gasteiger partial charge in [-0.15, -0.1) is 0 Å². The summed E-state index contributed by atoms with van der Waals surface area (Å²) in [6.45, 7) is -0.690. The first-order valence-corrected chi connectivity index (χ1v) is 7.82. The van der Waals surface area contributed by atoms with Crippen LogP contribution in [0.3, 0.4) is 0 Å². The summed E-state index contributed by atoms with van der Waals surface area (Å²) in [4.78, 5) is 2.94. The molecule has 23 heavy (non-hydrogen) atoms. The monoisotopic (exact) mass is 407 g/mol. The van der Waals surface area contributed by atoms with Crippen molar-refractivity contribution in [2.24, 2.45) is 0 Å². The summed E-state index contributed by atoms with van der Waals surface area (Å²) in [5.41, 5.74) is -1.52. The number of nitrogens with one attached hydrogen (secondary N) is 1. The highest BCUT2D eigenvalue weighted by Gasteiger charge is 2.66. The molecular formula is C14H15BrClNO6. The third kappa shape index (κ3) is 2.33. The fourth-order valence-electron chi connectivity index (χ4n) is 2.95. The summed E-state index contributed by atoms with van der Waals surface area (Å²) in [5.74, 6) is 0. The number of rotatable bonds is 3. The number of hydrogen-bond acceptors (Lipinski definition) is 6. The molecule has 1 saturated heterocycles.